The van der Waals surface area contributed by atoms with Gasteiger partial charge in [-0.05, 0) is 36.6 Å². The smallest absolute Gasteiger partial charge is 0.0985 e. The minimum absolute atomic E-state index is 0.420. The average molecular weight is 269 g/mol. The van der Waals surface area contributed by atoms with E-state index in [0.717, 1.165) is 26.2 Å². The van der Waals surface area contributed by atoms with E-state index in [4.69, 9.17) is 4.74 Å². The van der Waals surface area contributed by atoms with Gasteiger partial charge in [0.15, 0.2) is 0 Å². The summed E-state index contributed by atoms with van der Waals surface area (Å²) in [5.74, 6) is 0. The molecular weight excluding hydrogens is 250 g/mol. The summed E-state index contributed by atoms with van der Waals surface area (Å²) in [5, 5.41) is 8.02. The lowest BCUT2D eigenvalue weighted by Crippen LogP contribution is -2.30. The van der Waals surface area contributed by atoms with Gasteiger partial charge in [-0.3, -0.25) is 4.68 Å². The van der Waals surface area contributed by atoms with Gasteiger partial charge in [-0.15, -0.1) is 0 Å². The third-order valence-electron chi connectivity index (χ3n) is 4.41. The van der Waals surface area contributed by atoms with E-state index < -0.39 is 0 Å². The number of ether oxygens (including phenoxy) is 1. The fraction of sp³-hybridized carbons (Fsp3) is 0.438. The molecule has 4 nitrogen and oxygen atoms in total. The normalized spacial score (nSPS) is 22.4. The van der Waals surface area contributed by atoms with Gasteiger partial charge in [-0.1, -0.05) is 18.2 Å². The highest BCUT2D eigenvalue weighted by Crippen LogP contribution is 2.32. The molecule has 104 valence electrons. The highest BCUT2D eigenvalue weighted by molar-refractivity contribution is 5.68. The van der Waals surface area contributed by atoms with Crippen molar-refractivity contribution in [1.82, 2.24) is 15.1 Å². The first-order chi connectivity index (χ1) is 9.83. The number of nitrogens with zero attached hydrogens (tertiary/aromatic N) is 2. The lowest BCUT2D eigenvalue weighted by atomic mass is 9.89. The van der Waals surface area contributed by atoms with E-state index in [0.29, 0.717) is 12.1 Å². The molecular formula is C16H19N3O. The van der Waals surface area contributed by atoms with Crippen molar-refractivity contribution in [1.29, 1.82) is 0 Å². The zero-order chi connectivity index (χ0) is 13.5. The maximum atomic E-state index is 5.24. The van der Waals surface area contributed by atoms with E-state index in [1.807, 2.05) is 10.9 Å². The maximum Gasteiger partial charge on any atom is 0.0985 e. The summed E-state index contributed by atoms with van der Waals surface area (Å²) < 4.78 is 7.28. The summed E-state index contributed by atoms with van der Waals surface area (Å²) in [5.41, 5.74) is 5.46. The predicted octanol–water partition coefficient (Wildman–Crippen LogP) is 2.33. The second-order valence-electron chi connectivity index (χ2n) is 5.70. The molecule has 1 aromatic carbocycles. The highest BCUT2D eigenvalue weighted by atomic mass is 16.5. The number of hydrogen-bond acceptors (Lipinski definition) is 3. The third kappa shape index (κ3) is 1.87. The van der Waals surface area contributed by atoms with Crippen LogP contribution in [-0.4, -0.2) is 29.5 Å². The molecule has 20 heavy (non-hydrogen) atoms. The monoisotopic (exact) mass is 269 g/mol. The second-order valence-corrected chi connectivity index (χ2v) is 5.70. The van der Waals surface area contributed by atoms with Gasteiger partial charge in [-0.2, -0.15) is 5.10 Å². The van der Waals surface area contributed by atoms with Gasteiger partial charge in [-0.25, -0.2) is 0 Å². The number of hydrogen-bond donors (Lipinski definition) is 1. The topological polar surface area (TPSA) is 39.1 Å². The molecule has 0 amide bonds. The van der Waals surface area contributed by atoms with Crippen LogP contribution in [0.2, 0.25) is 0 Å². The van der Waals surface area contributed by atoms with Gasteiger partial charge >= 0.3 is 0 Å². The Balaban J connectivity index is 1.74. The largest absolute Gasteiger partial charge is 0.377 e. The molecule has 0 aliphatic carbocycles. The molecule has 2 aliphatic rings. The molecule has 1 N–H and O–H groups in total. The van der Waals surface area contributed by atoms with Crippen LogP contribution in [0, 0.1) is 0 Å². The van der Waals surface area contributed by atoms with Crippen molar-refractivity contribution in [3.05, 3.63) is 41.7 Å². The Labute approximate surface area is 118 Å². The number of aromatic nitrogens is 2. The minimum atomic E-state index is 0.420. The molecule has 1 aromatic heterocycles. The zero-order valence-corrected chi connectivity index (χ0v) is 11.7. The number of nitrogens with one attached hydrogen (secondary N) is 1. The first-order valence-corrected chi connectivity index (χ1v) is 7.30. The standard InChI is InChI=1S/C16H19N3O/c1-11-14-3-2-4-15(16(14)5-6-17-11)12-7-18-19(8-12)13-9-20-10-13/h2-4,7-8,11,13,17H,5-6,9-10H2,1H3. The number of rotatable bonds is 2. The fourth-order valence-corrected chi connectivity index (χ4v) is 3.14. The van der Waals surface area contributed by atoms with Crippen LogP contribution in [0.3, 0.4) is 0 Å². The molecule has 3 heterocycles. The molecule has 0 spiro atoms. The molecule has 4 heteroatoms. The lowest BCUT2D eigenvalue weighted by Gasteiger charge is -2.26. The molecule has 1 unspecified atom stereocenters. The van der Waals surface area contributed by atoms with Crippen LogP contribution in [0.1, 0.15) is 30.1 Å². The van der Waals surface area contributed by atoms with Crippen molar-refractivity contribution in [2.24, 2.45) is 0 Å². The van der Waals surface area contributed by atoms with Gasteiger partial charge < -0.3 is 10.1 Å². The molecule has 2 aliphatic heterocycles. The molecule has 1 saturated heterocycles. The van der Waals surface area contributed by atoms with Crippen molar-refractivity contribution in [3.8, 4) is 11.1 Å². The van der Waals surface area contributed by atoms with Crippen LogP contribution in [0.25, 0.3) is 11.1 Å². The molecule has 4 rings (SSSR count). The van der Waals surface area contributed by atoms with Gasteiger partial charge in [0.2, 0.25) is 0 Å². The van der Waals surface area contributed by atoms with Crippen LogP contribution in [0.4, 0.5) is 0 Å². The molecule has 0 saturated carbocycles. The molecule has 2 aromatic rings. The Morgan fingerprint density at radius 2 is 2.25 bits per heavy atom. The second kappa shape index (κ2) is 4.72. The van der Waals surface area contributed by atoms with Crippen LogP contribution in [-0.2, 0) is 11.2 Å². The Bertz CT molecular complexity index is 630. The van der Waals surface area contributed by atoms with E-state index in [1.165, 1.54) is 22.3 Å². The van der Waals surface area contributed by atoms with E-state index in [2.05, 4.69) is 41.7 Å². The molecule has 1 fully saturated rings. The lowest BCUT2D eigenvalue weighted by molar-refractivity contribution is -0.0286. The van der Waals surface area contributed by atoms with Crippen LogP contribution < -0.4 is 5.32 Å². The van der Waals surface area contributed by atoms with Gasteiger partial charge in [0.25, 0.3) is 0 Å². The highest BCUT2D eigenvalue weighted by Gasteiger charge is 2.23. The maximum absolute atomic E-state index is 5.24. The van der Waals surface area contributed by atoms with E-state index in [1.54, 1.807) is 0 Å². The van der Waals surface area contributed by atoms with Crippen molar-refractivity contribution < 1.29 is 4.74 Å². The van der Waals surface area contributed by atoms with E-state index >= 15 is 0 Å². The minimum Gasteiger partial charge on any atom is -0.377 e. The first-order valence-electron chi connectivity index (χ1n) is 7.30. The summed E-state index contributed by atoms with van der Waals surface area (Å²) in [4.78, 5) is 0. The number of benzene rings is 1. The van der Waals surface area contributed by atoms with Gasteiger partial charge in [0.05, 0.1) is 25.5 Å². The molecule has 1 atom stereocenters. The Morgan fingerprint density at radius 3 is 3.05 bits per heavy atom. The van der Waals surface area contributed by atoms with Crippen molar-refractivity contribution in [3.63, 3.8) is 0 Å². The van der Waals surface area contributed by atoms with Crippen LogP contribution in [0.5, 0.6) is 0 Å². The summed E-state index contributed by atoms with van der Waals surface area (Å²) in [7, 11) is 0. The summed E-state index contributed by atoms with van der Waals surface area (Å²) in [6.45, 7) is 4.86. The van der Waals surface area contributed by atoms with Gasteiger partial charge in [0.1, 0.15) is 0 Å². The first kappa shape index (κ1) is 12.1. The Morgan fingerprint density at radius 1 is 1.35 bits per heavy atom. The average Bonchev–Trinajstić information content (AvgIpc) is 2.86. The SMILES string of the molecule is CC1NCCc2c(-c3cnn(C4COC4)c3)cccc21. The fourth-order valence-electron chi connectivity index (χ4n) is 3.14. The Hall–Kier alpha value is -1.65. The quantitative estimate of drug-likeness (QED) is 0.909. The zero-order valence-electron chi connectivity index (χ0n) is 11.7. The van der Waals surface area contributed by atoms with Crippen LogP contribution in [0.15, 0.2) is 30.6 Å². The third-order valence-corrected chi connectivity index (χ3v) is 4.41. The van der Waals surface area contributed by atoms with Crippen LogP contribution >= 0.6 is 0 Å². The van der Waals surface area contributed by atoms with Crippen molar-refractivity contribution in [2.45, 2.75) is 25.4 Å². The van der Waals surface area contributed by atoms with Gasteiger partial charge in [0, 0.05) is 17.8 Å². The van der Waals surface area contributed by atoms with Crippen molar-refractivity contribution >= 4 is 0 Å². The molecule has 0 bridgehead atoms. The number of fused-ring (bicyclic) bond motifs is 1. The summed E-state index contributed by atoms with van der Waals surface area (Å²) in [6, 6.07) is 7.47. The summed E-state index contributed by atoms with van der Waals surface area (Å²) in [6.07, 6.45) is 5.24. The van der Waals surface area contributed by atoms with E-state index in [9.17, 15) is 0 Å². The summed E-state index contributed by atoms with van der Waals surface area (Å²) >= 11 is 0. The van der Waals surface area contributed by atoms with Crippen molar-refractivity contribution in [2.75, 3.05) is 19.8 Å². The molecule has 0 radical (unpaired) electrons. The van der Waals surface area contributed by atoms with E-state index in [-0.39, 0.29) is 0 Å². The predicted molar refractivity (Wildman–Crippen MR) is 77.6 cm³/mol. The Kier molecular flexibility index (Phi) is 2.86.